The van der Waals surface area contributed by atoms with E-state index in [-0.39, 0.29) is 0 Å². The first kappa shape index (κ1) is 28.3. The summed E-state index contributed by atoms with van der Waals surface area (Å²) < 4.78 is 6.62. The van der Waals surface area contributed by atoms with Crippen molar-refractivity contribution in [3.8, 4) is 22.3 Å². The molecular weight excluding hydrogens is 609 g/mol. The van der Waals surface area contributed by atoms with E-state index in [0.29, 0.717) is 0 Å². The number of fused-ring (bicyclic) bond motifs is 8. The Morgan fingerprint density at radius 3 is 2.02 bits per heavy atom. The van der Waals surface area contributed by atoms with Crippen molar-refractivity contribution < 1.29 is 4.42 Å². The van der Waals surface area contributed by atoms with E-state index in [0.717, 1.165) is 55.3 Å². The monoisotopic (exact) mass is 638 g/mol. The standard InChI is InChI=1S/C47H30N2O/c1-2-11-31(12-3-1)33-14-10-15-37(27-33)49(44-29-35-30-48-26-25-39(35)47-46(44)42-19-8-9-20-45(42)50-47)36-23-21-32(22-24-36)43-28-34-13-4-5-16-38(34)40-17-6-7-18-41(40)43/h1-30H. The summed E-state index contributed by atoms with van der Waals surface area (Å²) in [5.74, 6) is 0. The Bertz CT molecular complexity index is 2870. The van der Waals surface area contributed by atoms with Gasteiger partial charge in [0.15, 0.2) is 0 Å². The summed E-state index contributed by atoms with van der Waals surface area (Å²) in [5.41, 5.74) is 9.62. The van der Waals surface area contributed by atoms with Gasteiger partial charge in [0, 0.05) is 39.9 Å². The molecule has 3 nitrogen and oxygen atoms in total. The summed E-state index contributed by atoms with van der Waals surface area (Å²) in [6.07, 6.45) is 3.77. The lowest BCUT2D eigenvalue weighted by molar-refractivity contribution is 0.672. The Morgan fingerprint density at radius 1 is 0.440 bits per heavy atom. The number of benzene rings is 8. The maximum Gasteiger partial charge on any atom is 0.145 e. The van der Waals surface area contributed by atoms with Crippen LogP contribution in [0.4, 0.5) is 17.1 Å². The molecule has 0 aliphatic heterocycles. The number of furan rings is 1. The smallest absolute Gasteiger partial charge is 0.145 e. The molecule has 0 unspecified atom stereocenters. The lowest BCUT2D eigenvalue weighted by Gasteiger charge is -2.27. The molecule has 0 radical (unpaired) electrons. The highest BCUT2D eigenvalue weighted by atomic mass is 16.3. The van der Waals surface area contributed by atoms with Crippen molar-refractivity contribution in [2.24, 2.45) is 0 Å². The molecule has 0 fully saturated rings. The maximum atomic E-state index is 6.62. The Balaban J connectivity index is 1.22. The number of nitrogens with zero attached hydrogens (tertiary/aromatic N) is 2. The van der Waals surface area contributed by atoms with Crippen molar-refractivity contribution in [1.29, 1.82) is 0 Å². The highest BCUT2D eigenvalue weighted by Gasteiger charge is 2.22. The van der Waals surface area contributed by atoms with Crippen LogP contribution in [-0.2, 0) is 0 Å². The first-order valence-electron chi connectivity index (χ1n) is 16.9. The van der Waals surface area contributed by atoms with Gasteiger partial charge in [-0.2, -0.15) is 0 Å². The molecule has 234 valence electrons. The van der Waals surface area contributed by atoms with Gasteiger partial charge in [0.2, 0.25) is 0 Å². The van der Waals surface area contributed by atoms with Gasteiger partial charge in [-0.15, -0.1) is 0 Å². The molecule has 3 heteroatoms. The van der Waals surface area contributed by atoms with Gasteiger partial charge in [-0.25, -0.2) is 0 Å². The highest BCUT2D eigenvalue weighted by Crippen LogP contribution is 2.47. The predicted octanol–water partition coefficient (Wildman–Crippen LogP) is 13.2. The molecule has 0 N–H and O–H groups in total. The number of pyridine rings is 1. The third-order valence-corrected chi connectivity index (χ3v) is 9.90. The van der Waals surface area contributed by atoms with Crippen molar-refractivity contribution in [3.63, 3.8) is 0 Å². The average molecular weight is 639 g/mol. The van der Waals surface area contributed by atoms with Gasteiger partial charge < -0.3 is 9.32 Å². The van der Waals surface area contributed by atoms with Gasteiger partial charge in [-0.1, -0.05) is 121 Å². The molecule has 50 heavy (non-hydrogen) atoms. The molecule has 0 atom stereocenters. The molecule has 0 amide bonds. The van der Waals surface area contributed by atoms with Crippen LogP contribution in [0.1, 0.15) is 0 Å². The van der Waals surface area contributed by atoms with E-state index in [4.69, 9.17) is 4.42 Å². The van der Waals surface area contributed by atoms with E-state index in [1.165, 1.54) is 38.2 Å². The molecule has 2 heterocycles. The van der Waals surface area contributed by atoms with Crippen LogP contribution >= 0.6 is 0 Å². The average Bonchev–Trinajstić information content (AvgIpc) is 3.59. The second-order valence-electron chi connectivity index (χ2n) is 12.8. The fourth-order valence-corrected chi connectivity index (χ4v) is 7.58. The summed E-state index contributed by atoms with van der Waals surface area (Å²) in [4.78, 5) is 6.87. The van der Waals surface area contributed by atoms with Gasteiger partial charge in [-0.3, -0.25) is 4.98 Å². The predicted molar refractivity (Wildman–Crippen MR) is 210 cm³/mol. The normalized spacial score (nSPS) is 11.6. The zero-order chi connectivity index (χ0) is 33.0. The molecule has 10 aromatic rings. The number of anilines is 3. The zero-order valence-electron chi connectivity index (χ0n) is 27.1. The molecule has 0 aliphatic rings. The van der Waals surface area contributed by atoms with Crippen LogP contribution in [0.25, 0.3) is 76.5 Å². The SMILES string of the molecule is c1ccc(-c2cccc(N(c3ccc(-c4cc5ccccc5c5ccccc45)cc3)c3cc4cnccc4c4oc5ccccc5c34)c2)cc1. The largest absolute Gasteiger partial charge is 0.455 e. The molecule has 0 bridgehead atoms. The van der Waals surface area contributed by atoms with Crippen molar-refractivity contribution in [3.05, 3.63) is 182 Å². The minimum Gasteiger partial charge on any atom is -0.455 e. The fraction of sp³-hybridized carbons (Fsp3) is 0. The zero-order valence-corrected chi connectivity index (χ0v) is 27.1. The fourth-order valence-electron chi connectivity index (χ4n) is 7.58. The van der Waals surface area contributed by atoms with Crippen LogP contribution in [0.3, 0.4) is 0 Å². The molecule has 8 aromatic carbocycles. The van der Waals surface area contributed by atoms with E-state index in [1.807, 2.05) is 24.5 Å². The van der Waals surface area contributed by atoms with Crippen LogP contribution in [0.15, 0.2) is 187 Å². The molecule has 2 aromatic heterocycles. The molecule has 0 aliphatic carbocycles. The van der Waals surface area contributed by atoms with Gasteiger partial charge in [0.1, 0.15) is 11.2 Å². The molecule has 0 saturated heterocycles. The second kappa shape index (κ2) is 11.5. The van der Waals surface area contributed by atoms with E-state index in [9.17, 15) is 0 Å². The topological polar surface area (TPSA) is 29.3 Å². The minimum atomic E-state index is 0.865. The number of hydrogen-bond acceptors (Lipinski definition) is 3. The van der Waals surface area contributed by atoms with E-state index >= 15 is 0 Å². The van der Waals surface area contributed by atoms with Crippen LogP contribution < -0.4 is 4.90 Å². The molecule has 0 spiro atoms. The van der Waals surface area contributed by atoms with Crippen molar-refractivity contribution in [1.82, 2.24) is 4.98 Å². The lowest BCUT2D eigenvalue weighted by atomic mass is 9.93. The second-order valence-corrected chi connectivity index (χ2v) is 12.8. The van der Waals surface area contributed by atoms with E-state index in [1.54, 1.807) is 0 Å². The van der Waals surface area contributed by atoms with Gasteiger partial charge >= 0.3 is 0 Å². The van der Waals surface area contributed by atoms with Crippen LogP contribution in [0.2, 0.25) is 0 Å². The van der Waals surface area contributed by atoms with Crippen molar-refractivity contribution in [2.45, 2.75) is 0 Å². The summed E-state index contributed by atoms with van der Waals surface area (Å²) >= 11 is 0. The lowest BCUT2D eigenvalue weighted by Crippen LogP contribution is -2.10. The molecular formula is C47H30N2O. The number of para-hydroxylation sites is 1. The molecule has 10 rings (SSSR count). The number of aromatic nitrogens is 1. The quantitative estimate of drug-likeness (QED) is 0.176. The van der Waals surface area contributed by atoms with Gasteiger partial charge in [-0.05, 0) is 92.3 Å². The Labute approximate surface area is 289 Å². The van der Waals surface area contributed by atoms with Gasteiger partial charge in [0.25, 0.3) is 0 Å². The molecule has 0 saturated carbocycles. The maximum absolute atomic E-state index is 6.62. The van der Waals surface area contributed by atoms with E-state index < -0.39 is 0 Å². The Hall–Kier alpha value is -6.71. The Morgan fingerprint density at radius 2 is 1.16 bits per heavy atom. The first-order valence-corrected chi connectivity index (χ1v) is 16.9. The van der Waals surface area contributed by atoms with Crippen molar-refractivity contribution in [2.75, 3.05) is 4.90 Å². The van der Waals surface area contributed by atoms with Crippen molar-refractivity contribution >= 4 is 71.3 Å². The minimum absolute atomic E-state index is 0.865. The third-order valence-electron chi connectivity index (χ3n) is 9.90. The van der Waals surface area contributed by atoms with Crippen LogP contribution in [0.5, 0.6) is 0 Å². The summed E-state index contributed by atoms with van der Waals surface area (Å²) in [6.45, 7) is 0. The summed E-state index contributed by atoms with van der Waals surface area (Å²) in [5, 5.41) is 9.26. The number of hydrogen-bond donors (Lipinski definition) is 0. The third kappa shape index (κ3) is 4.56. The number of rotatable bonds is 5. The highest BCUT2D eigenvalue weighted by molar-refractivity contribution is 6.22. The van der Waals surface area contributed by atoms with Crippen LogP contribution in [0, 0.1) is 0 Å². The first-order chi connectivity index (χ1) is 24.8. The van der Waals surface area contributed by atoms with Crippen LogP contribution in [-0.4, -0.2) is 4.98 Å². The summed E-state index contributed by atoms with van der Waals surface area (Å²) in [7, 11) is 0. The van der Waals surface area contributed by atoms with E-state index in [2.05, 4.69) is 168 Å². The summed E-state index contributed by atoms with van der Waals surface area (Å²) in [6, 6.07) is 60.7. The Kier molecular flexibility index (Phi) is 6.49. The van der Waals surface area contributed by atoms with Gasteiger partial charge in [0.05, 0.1) is 11.1 Å².